The number of aryl methyl sites for hydroxylation is 1. The van der Waals surface area contributed by atoms with Gasteiger partial charge in [-0.1, -0.05) is 17.7 Å². The number of ether oxygens (including phenoxy) is 1. The second kappa shape index (κ2) is 6.62. The summed E-state index contributed by atoms with van der Waals surface area (Å²) in [6.07, 6.45) is 1.23. The van der Waals surface area contributed by atoms with Crippen LogP contribution >= 0.6 is 0 Å². The highest BCUT2D eigenvalue weighted by atomic mass is 32.2. The molecule has 6 heteroatoms. The van der Waals surface area contributed by atoms with Crippen molar-refractivity contribution >= 4 is 16.2 Å². The van der Waals surface area contributed by atoms with Crippen LogP contribution in [0.1, 0.15) is 18.1 Å². The maximum Gasteiger partial charge on any atom is 0.282 e. The van der Waals surface area contributed by atoms with Crippen molar-refractivity contribution < 1.29 is 18.3 Å². The third-order valence-corrected chi connectivity index (χ3v) is 4.19. The molecule has 5 nitrogen and oxygen atoms in total. The SMILES string of the molecule is CCOc1cc(/C=N\S(=O)(=O)c2ccc(C)cc2)ccc1O. The Bertz CT molecular complexity index is 780. The minimum absolute atomic E-state index is 0.000363. The second-order valence-electron chi connectivity index (χ2n) is 4.68. The van der Waals surface area contributed by atoms with Gasteiger partial charge in [0.2, 0.25) is 0 Å². The molecule has 0 heterocycles. The van der Waals surface area contributed by atoms with Gasteiger partial charge in [-0.15, -0.1) is 0 Å². The van der Waals surface area contributed by atoms with Crippen LogP contribution in [0.5, 0.6) is 11.5 Å². The molecule has 0 spiro atoms. The Labute approximate surface area is 130 Å². The van der Waals surface area contributed by atoms with Gasteiger partial charge in [0.1, 0.15) is 0 Å². The fourth-order valence-electron chi connectivity index (χ4n) is 1.78. The Morgan fingerprint density at radius 3 is 2.50 bits per heavy atom. The molecule has 1 N–H and O–H groups in total. The van der Waals surface area contributed by atoms with Crippen LogP contribution in [-0.2, 0) is 10.0 Å². The number of hydrogen-bond acceptors (Lipinski definition) is 4. The molecular weight excluding hydrogens is 302 g/mol. The van der Waals surface area contributed by atoms with Gasteiger partial charge in [-0.2, -0.15) is 12.8 Å². The van der Waals surface area contributed by atoms with Crippen LogP contribution < -0.4 is 4.74 Å². The van der Waals surface area contributed by atoms with Crippen molar-refractivity contribution in [1.82, 2.24) is 0 Å². The van der Waals surface area contributed by atoms with E-state index in [0.29, 0.717) is 17.9 Å². The lowest BCUT2D eigenvalue weighted by molar-refractivity contribution is 0.318. The van der Waals surface area contributed by atoms with Gasteiger partial charge in [-0.05, 0) is 49.7 Å². The molecule has 0 aliphatic carbocycles. The predicted molar refractivity (Wildman–Crippen MR) is 85.2 cm³/mol. The molecule has 0 aliphatic heterocycles. The van der Waals surface area contributed by atoms with Gasteiger partial charge in [0.25, 0.3) is 10.0 Å². The third kappa shape index (κ3) is 3.85. The van der Waals surface area contributed by atoms with Crippen molar-refractivity contribution in [3.63, 3.8) is 0 Å². The standard InChI is InChI=1S/C16H17NO4S/c1-3-21-16-10-13(6-9-15(16)18)11-17-22(19,20)14-7-4-12(2)5-8-14/h4-11,18H,3H2,1-2H3/b17-11-. The van der Waals surface area contributed by atoms with E-state index in [1.165, 1.54) is 30.5 Å². The Kier molecular flexibility index (Phi) is 4.82. The normalized spacial score (nSPS) is 11.7. The number of phenols is 1. The zero-order chi connectivity index (χ0) is 16.2. The molecule has 0 saturated heterocycles. The maximum absolute atomic E-state index is 12.1. The second-order valence-corrected chi connectivity index (χ2v) is 6.32. The highest BCUT2D eigenvalue weighted by Gasteiger charge is 2.11. The van der Waals surface area contributed by atoms with E-state index in [1.807, 2.05) is 6.92 Å². The Hall–Kier alpha value is -2.34. The Morgan fingerprint density at radius 1 is 1.18 bits per heavy atom. The lowest BCUT2D eigenvalue weighted by Gasteiger charge is -2.06. The summed E-state index contributed by atoms with van der Waals surface area (Å²) >= 11 is 0. The maximum atomic E-state index is 12.1. The summed E-state index contributed by atoms with van der Waals surface area (Å²) in [4.78, 5) is 0.137. The van der Waals surface area contributed by atoms with Gasteiger partial charge in [0.15, 0.2) is 11.5 Å². The quantitative estimate of drug-likeness (QED) is 0.860. The van der Waals surface area contributed by atoms with Crippen molar-refractivity contribution in [2.75, 3.05) is 6.61 Å². The fourth-order valence-corrected chi connectivity index (χ4v) is 2.65. The first kappa shape index (κ1) is 16.0. The van der Waals surface area contributed by atoms with E-state index < -0.39 is 10.0 Å². The van der Waals surface area contributed by atoms with Crippen molar-refractivity contribution in [2.24, 2.45) is 4.40 Å². The van der Waals surface area contributed by atoms with Crippen LogP contribution in [0.25, 0.3) is 0 Å². The summed E-state index contributed by atoms with van der Waals surface area (Å²) in [5.74, 6) is 0.291. The molecule has 116 valence electrons. The molecule has 0 aliphatic rings. The molecule has 0 amide bonds. The molecule has 0 atom stereocenters. The first-order valence-electron chi connectivity index (χ1n) is 6.75. The van der Waals surface area contributed by atoms with E-state index in [-0.39, 0.29) is 10.6 Å². The van der Waals surface area contributed by atoms with Gasteiger partial charge < -0.3 is 9.84 Å². The molecule has 2 aromatic carbocycles. The highest BCUT2D eigenvalue weighted by molar-refractivity contribution is 7.90. The van der Waals surface area contributed by atoms with Crippen molar-refractivity contribution in [1.29, 1.82) is 0 Å². The van der Waals surface area contributed by atoms with Crippen LogP contribution in [0.15, 0.2) is 51.8 Å². The smallest absolute Gasteiger partial charge is 0.282 e. The van der Waals surface area contributed by atoms with Crippen LogP contribution in [0.3, 0.4) is 0 Å². The summed E-state index contributed by atoms with van der Waals surface area (Å²) in [6, 6.07) is 11.0. The lowest BCUT2D eigenvalue weighted by atomic mass is 10.2. The van der Waals surface area contributed by atoms with Crippen molar-refractivity contribution in [3.8, 4) is 11.5 Å². The largest absolute Gasteiger partial charge is 0.504 e. The number of phenolic OH excluding ortho intramolecular Hbond substituents is 1. The zero-order valence-electron chi connectivity index (χ0n) is 12.4. The molecule has 0 saturated carbocycles. The van der Waals surface area contributed by atoms with E-state index in [2.05, 4.69) is 4.40 Å². The monoisotopic (exact) mass is 319 g/mol. The molecule has 2 rings (SSSR count). The first-order valence-corrected chi connectivity index (χ1v) is 8.19. The molecule has 0 aromatic heterocycles. The third-order valence-electron chi connectivity index (χ3n) is 2.94. The number of aromatic hydroxyl groups is 1. The van der Waals surface area contributed by atoms with Gasteiger partial charge in [0.05, 0.1) is 11.5 Å². The number of nitrogens with zero attached hydrogens (tertiary/aromatic N) is 1. The summed E-state index contributed by atoms with van der Waals surface area (Å²) in [6.45, 7) is 4.07. The summed E-state index contributed by atoms with van der Waals surface area (Å²) in [7, 11) is -3.74. The topological polar surface area (TPSA) is 76.0 Å². The molecule has 2 aromatic rings. The van der Waals surface area contributed by atoms with Crippen LogP contribution in [-0.4, -0.2) is 26.3 Å². The van der Waals surface area contributed by atoms with E-state index in [9.17, 15) is 13.5 Å². The van der Waals surface area contributed by atoms with Crippen molar-refractivity contribution in [3.05, 3.63) is 53.6 Å². The Morgan fingerprint density at radius 2 is 1.86 bits per heavy atom. The average molecular weight is 319 g/mol. The molecular formula is C16H17NO4S. The summed E-state index contributed by atoms with van der Waals surface area (Å²) in [5.41, 5.74) is 1.50. The minimum atomic E-state index is -3.74. The molecule has 0 fully saturated rings. The zero-order valence-corrected chi connectivity index (χ0v) is 13.2. The van der Waals surface area contributed by atoms with Crippen LogP contribution in [0.4, 0.5) is 0 Å². The molecule has 22 heavy (non-hydrogen) atoms. The number of hydrogen-bond donors (Lipinski definition) is 1. The van der Waals surface area contributed by atoms with Gasteiger partial charge in [-0.25, -0.2) is 0 Å². The van der Waals surface area contributed by atoms with Crippen molar-refractivity contribution in [2.45, 2.75) is 18.7 Å². The average Bonchev–Trinajstić information content (AvgIpc) is 2.49. The summed E-state index contributed by atoms with van der Waals surface area (Å²) < 4.78 is 33.1. The molecule has 0 radical (unpaired) electrons. The number of sulfonamides is 1. The number of rotatable bonds is 5. The number of benzene rings is 2. The molecule has 0 unspecified atom stereocenters. The summed E-state index contributed by atoms with van der Waals surface area (Å²) in [5, 5.41) is 9.61. The Balaban J connectivity index is 2.27. The van der Waals surface area contributed by atoms with Crippen LogP contribution in [0, 0.1) is 6.92 Å². The molecule has 0 bridgehead atoms. The first-order chi connectivity index (χ1) is 10.4. The van der Waals surface area contributed by atoms with Gasteiger partial charge in [0, 0.05) is 6.21 Å². The van der Waals surface area contributed by atoms with Crippen LogP contribution in [0.2, 0.25) is 0 Å². The van der Waals surface area contributed by atoms with E-state index in [0.717, 1.165) is 5.56 Å². The lowest BCUT2D eigenvalue weighted by Crippen LogP contribution is -1.98. The fraction of sp³-hybridized carbons (Fsp3) is 0.188. The van der Waals surface area contributed by atoms with Gasteiger partial charge >= 0.3 is 0 Å². The minimum Gasteiger partial charge on any atom is -0.504 e. The predicted octanol–water partition coefficient (Wildman–Crippen LogP) is 2.91. The van der Waals surface area contributed by atoms with E-state index >= 15 is 0 Å². The van der Waals surface area contributed by atoms with E-state index in [4.69, 9.17) is 4.74 Å². The van der Waals surface area contributed by atoms with Gasteiger partial charge in [-0.3, -0.25) is 0 Å². The van der Waals surface area contributed by atoms with E-state index in [1.54, 1.807) is 25.1 Å². The highest BCUT2D eigenvalue weighted by Crippen LogP contribution is 2.26.